The molecule has 1 atom stereocenters. The number of nitrogens with zero attached hydrogens (tertiary/aromatic N) is 3. The van der Waals surface area contributed by atoms with Crippen LogP contribution in [-0.2, 0) is 11.4 Å². The number of hydrogen-bond acceptors (Lipinski definition) is 5. The first-order valence-electron chi connectivity index (χ1n) is 7.90. The minimum Gasteiger partial charge on any atom is -0.318 e. The van der Waals surface area contributed by atoms with Crippen molar-refractivity contribution in [2.24, 2.45) is 0 Å². The van der Waals surface area contributed by atoms with Crippen LogP contribution in [0.25, 0.3) is 0 Å². The lowest BCUT2D eigenvalue weighted by Gasteiger charge is -2.24. The Morgan fingerprint density at radius 1 is 1.42 bits per heavy atom. The molecule has 2 amide bonds. The van der Waals surface area contributed by atoms with Gasteiger partial charge in [0.15, 0.2) is 0 Å². The largest absolute Gasteiger partial charge is 0.341 e. The number of nitrogens with one attached hydrogen (secondary N) is 1. The predicted octanol–water partition coefficient (Wildman–Crippen LogP) is 3.80. The molecule has 0 saturated heterocycles. The summed E-state index contributed by atoms with van der Waals surface area (Å²) < 4.78 is 0. The lowest BCUT2D eigenvalue weighted by atomic mass is 10.2. The summed E-state index contributed by atoms with van der Waals surface area (Å²) in [7, 11) is 1.75. The van der Waals surface area contributed by atoms with E-state index in [0.717, 1.165) is 21.1 Å². The smallest absolute Gasteiger partial charge is 0.318 e. The Labute approximate surface area is 146 Å². The van der Waals surface area contributed by atoms with Crippen LogP contribution >= 0.6 is 11.3 Å². The highest BCUT2D eigenvalue weighted by molar-refractivity contribution is 7.11. The zero-order valence-electron chi connectivity index (χ0n) is 14.7. The molecule has 1 N–H and O–H groups in total. The Morgan fingerprint density at radius 3 is 2.75 bits per heavy atom. The molecule has 24 heavy (non-hydrogen) atoms. The number of urea groups is 1. The third kappa shape index (κ3) is 4.52. The van der Waals surface area contributed by atoms with Crippen molar-refractivity contribution in [3.05, 3.63) is 45.7 Å². The lowest BCUT2D eigenvalue weighted by Crippen LogP contribution is -2.38. The Kier molecular flexibility index (Phi) is 6.28. The van der Waals surface area contributed by atoms with Crippen molar-refractivity contribution in [3.63, 3.8) is 0 Å². The standard InChI is InChI=1S/C17H24N4O2S/c1-11(2)16-19-12(3)15(24-16)13(4)21(5)17(22)20-23-10-14-7-6-8-18-9-14/h6-9,11,13H,10H2,1-5H3,(H,20,22)/t13-/m0/s1. The van der Waals surface area contributed by atoms with E-state index >= 15 is 0 Å². The SMILES string of the molecule is Cc1nc(C(C)C)sc1[C@H](C)N(C)C(=O)NOCc1cccnc1. The quantitative estimate of drug-likeness (QED) is 0.806. The Bertz CT molecular complexity index is 672. The highest BCUT2D eigenvalue weighted by Gasteiger charge is 2.22. The van der Waals surface area contributed by atoms with E-state index in [9.17, 15) is 4.79 Å². The van der Waals surface area contributed by atoms with Gasteiger partial charge in [0.1, 0.15) is 6.61 Å². The average Bonchev–Trinajstić information content (AvgIpc) is 2.96. The van der Waals surface area contributed by atoms with Crippen LogP contribution in [0.3, 0.4) is 0 Å². The maximum absolute atomic E-state index is 12.3. The van der Waals surface area contributed by atoms with Crippen molar-refractivity contribution in [2.45, 2.75) is 46.3 Å². The molecule has 0 aromatic carbocycles. The van der Waals surface area contributed by atoms with E-state index in [-0.39, 0.29) is 18.7 Å². The molecule has 0 unspecified atom stereocenters. The first-order chi connectivity index (χ1) is 11.4. The number of hydrogen-bond donors (Lipinski definition) is 1. The van der Waals surface area contributed by atoms with Crippen LogP contribution in [0.2, 0.25) is 0 Å². The van der Waals surface area contributed by atoms with Crippen LogP contribution in [-0.4, -0.2) is 27.9 Å². The number of aryl methyl sites for hydroxylation is 1. The molecule has 0 saturated carbocycles. The highest BCUT2D eigenvalue weighted by atomic mass is 32.1. The molecule has 0 aliphatic heterocycles. The van der Waals surface area contributed by atoms with Crippen LogP contribution in [0, 0.1) is 6.92 Å². The van der Waals surface area contributed by atoms with Crippen molar-refractivity contribution < 1.29 is 9.63 Å². The van der Waals surface area contributed by atoms with Gasteiger partial charge in [-0.15, -0.1) is 11.3 Å². The van der Waals surface area contributed by atoms with Gasteiger partial charge in [0.25, 0.3) is 0 Å². The molecule has 0 spiro atoms. The molecule has 2 aromatic heterocycles. The molecule has 0 fully saturated rings. The van der Waals surface area contributed by atoms with E-state index in [1.165, 1.54) is 0 Å². The summed E-state index contributed by atoms with van der Waals surface area (Å²) in [5, 5.41) is 1.09. The number of carbonyl (C=O) groups excluding carboxylic acids is 1. The fourth-order valence-electron chi connectivity index (χ4n) is 2.15. The number of aromatic nitrogens is 2. The summed E-state index contributed by atoms with van der Waals surface area (Å²) in [5.41, 5.74) is 4.35. The molecule has 0 radical (unpaired) electrons. The third-order valence-electron chi connectivity index (χ3n) is 3.74. The molecule has 2 heterocycles. The average molecular weight is 348 g/mol. The van der Waals surface area contributed by atoms with Gasteiger partial charge in [-0.1, -0.05) is 19.9 Å². The van der Waals surface area contributed by atoms with E-state index in [1.807, 2.05) is 26.0 Å². The summed E-state index contributed by atoms with van der Waals surface area (Å²) in [5.74, 6) is 0.386. The van der Waals surface area contributed by atoms with Gasteiger partial charge in [-0.2, -0.15) is 0 Å². The van der Waals surface area contributed by atoms with Crippen LogP contribution < -0.4 is 5.48 Å². The van der Waals surface area contributed by atoms with Crippen molar-refractivity contribution in [1.29, 1.82) is 0 Å². The highest BCUT2D eigenvalue weighted by Crippen LogP contribution is 2.31. The second-order valence-corrected chi connectivity index (χ2v) is 7.06. The fourth-order valence-corrected chi connectivity index (χ4v) is 3.32. The summed E-state index contributed by atoms with van der Waals surface area (Å²) in [4.78, 5) is 28.8. The van der Waals surface area contributed by atoms with Crippen LogP contribution in [0.4, 0.5) is 4.79 Å². The Morgan fingerprint density at radius 2 is 2.17 bits per heavy atom. The summed E-state index contributed by atoms with van der Waals surface area (Å²) in [6, 6.07) is 3.36. The zero-order valence-corrected chi connectivity index (χ0v) is 15.6. The Balaban J connectivity index is 1.92. The number of amides is 2. The van der Waals surface area contributed by atoms with Gasteiger partial charge in [0, 0.05) is 30.2 Å². The van der Waals surface area contributed by atoms with Gasteiger partial charge in [0.05, 0.1) is 16.7 Å². The zero-order chi connectivity index (χ0) is 17.7. The van der Waals surface area contributed by atoms with E-state index in [0.29, 0.717) is 5.92 Å². The summed E-state index contributed by atoms with van der Waals surface area (Å²) >= 11 is 1.66. The minimum atomic E-state index is -0.287. The van der Waals surface area contributed by atoms with Gasteiger partial charge in [-0.25, -0.2) is 15.3 Å². The molecule has 7 heteroatoms. The number of carbonyl (C=O) groups is 1. The van der Waals surface area contributed by atoms with Gasteiger partial charge >= 0.3 is 6.03 Å². The second kappa shape index (κ2) is 8.21. The van der Waals surface area contributed by atoms with Gasteiger partial charge in [0.2, 0.25) is 0 Å². The van der Waals surface area contributed by atoms with Crippen molar-refractivity contribution in [2.75, 3.05) is 7.05 Å². The topological polar surface area (TPSA) is 67.4 Å². The van der Waals surface area contributed by atoms with Crippen molar-refractivity contribution in [1.82, 2.24) is 20.3 Å². The molecular weight excluding hydrogens is 324 g/mol. The monoisotopic (exact) mass is 348 g/mol. The maximum atomic E-state index is 12.3. The number of hydroxylamine groups is 1. The molecule has 2 aromatic rings. The third-order valence-corrected chi connectivity index (χ3v) is 5.37. The molecule has 0 aliphatic rings. The molecule has 2 rings (SSSR count). The molecule has 0 bridgehead atoms. The summed E-state index contributed by atoms with van der Waals surface area (Å²) in [6.45, 7) is 8.49. The van der Waals surface area contributed by atoms with E-state index in [2.05, 4.69) is 29.3 Å². The molecule has 6 nitrogen and oxygen atoms in total. The number of pyridine rings is 1. The first kappa shape index (κ1) is 18.4. The predicted molar refractivity (Wildman–Crippen MR) is 94.7 cm³/mol. The van der Waals surface area contributed by atoms with E-state index < -0.39 is 0 Å². The first-order valence-corrected chi connectivity index (χ1v) is 8.72. The van der Waals surface area contributed by atoms with Gasteiger partial charge in [-0.05, 0) is 25.5 Å². The Hall–Kier alpha value is -1.99. The van der Waals surface area contributed by atoms with E-state index in [1.54, 1.807) is 35.7 Å². The number of thiazole rings is 1. The molecule has 0 aliphatic carbocycles. The number of rotatable bonds is 6. The summed E-state index contributed by atoms with van der Waals surface area (Å²) in [6.07, 6.45) is 3.40. The van der Waals surface area contributed by atoms with Crippen LogP contribution in [0.5, 0.6) is 0 Å². The maximum Gasteiger partial charge on any atom is 0.341 e. The normalized spacial score (nSPS) is 12.2. The lowest BCUT2D eigenvalue weighted by molar-refractivity contribution is 0.0356. The van der Waals surface area contributed by atoms with Crippen LogP contribution in [0.1, 0.15) is 53.9 Å². The van der Waals surface area contributed by atoms with Gasteiger partial charge in [-0.3, -0.25) is 9.82 Å². The molecule has 130 valence electrons. The van der Waals surface area contributed by atoms with Crippen LogP contribution in [0.15, 0.2) is 24.5 Å². The van der Waals surface area contributed by atoms with E-state index in [4.69, 9.17) is 4.84 Å². The van der Waals surface area contributed by atoms with Crippen molar-refractivity contribution in [3.8, 4) is 0 Å². The van der Waals surface area contributed by atoms with Gasteiger partial charge < -0.3 is 4.90 Å². The minimum absolute atomic E-state index is 0.0722. The molecular formula is C17H24N4O2S. The fraction of sp³-hybridized carbons (Fsp3) is 0.471. The second-order valence-electron chi connectivity index (χ2n) is 6.00. The van der Waals surface area contributed by atoms with Crippen molar-refractivity contribution >= 4 is 17.4 Å².